The summed E-state index contributed by atoms with van der Waals surface area (Å²) in [5.74, 6) is 0.0535. The summed E-state index contributed by atoms with van der Waals surface area (Å²) in [4.78, 5) is 14.0. The zero-order valence-electron chi connectivity index (χ0n) is 11.6. The van der Waals surface area contributed by atoms with Gasteiger partial charge in [-0.3, -0.25) is 4.79 Å². The molecule has 2 N–H and O–H groups in total. The number of benzene rings is 1. The van der Waals surface area contributed by atoms with E-state index in [9.17, 15) is 10.1 Å². The molecule has 19 heavy (non-hydrogen) atoms. The fourth-order valence-electron chi connectivity index (χ4n) is 2.78. The maximum Gasteiger partial charge on any atom is 0.225 e. The van der Waals surface area contributed by atoms with E-state index in [-0.39, 0.29) is 23.5 Å². The third-order valence-electron chi connectivity index (χ3n) is 3.49. The van der Waals surface area contributed by atoms with Gasteiger partial charge in [0.25, 0.3) is 0 Å². The largest absolute Gasteiger partial charge is 0.329 e. The molecule has 0 aliphatic carbocycles. The van der Waals surface area contributed by atoms with Crippen LogP contribution in [0.25, 0.3) is 0 Å². The van der Waals surface area contributed by atoms with Crippen LogP contribution in [-0.2, 0) is 4.79 Å². The normalized spacial score (nSPS) is 23.5. The van der Waals surface area contributed by atoms with Crippen molar-refractivity contribution in [3.63, 3.8) is 0 Å². The van der Waals surface area contributed by atoms with E-state index in [2.05, 4.69) is 6.07 Å². The fourth-order valence-corrected chi connectivity index (χ4v) is 2.78. The number of amides is 1. The molecule has 1 aromatic carbocycles. The maximum atomic E-state index is 12.2. The summed E-state index contributed by atoms with van der Waals surface area (Å²) in [5, 5.41) is 9.23. The molecule has 1 amide bonds. The van der Waals surface area contributed by atoms with Crippen molar-refractivity contribution in [3.8, 4) is 6.07 Å². The highest BCUT2D eigenvalue weighted by Crippen LogP contribution is 2.38. The molecule has 0 saturated carbocycles. The minimum atomic E-state index is -0.307. The molecule has 0 radical (unpaired) electrons. The first kappa shape index (κ1) is 13.6. The number of nitrogens with zero attached hydrogens (tertiary/aromatic N) is 2. The second kappa shape index (κ2) is 4.67. The first-order valence-corrected chi connectivity index (χ1v) is 6.43. The van der Waals surface area contributed by atoms with Crippen LogP contribution in [0, 0.1) is 11.3 Å². The average molecular weight is 257 g/mol. The Morgan fingerprint density at radius 3 is 2.58 bits per heavy atom. The summed E-state index contributed by atoms with van der Waals surface area (Å²) in [6.45, 7) is 5.97. The Labute approximate surface area is 113 Å². The van der Waals surface area contributed by atoms with Crippen LogP contribution in [-0.4, -0.2) is 22.4 Å². The van der Waals surface area contributed by atoms with Gasteiger partial charge in [0, 0.05) is 18.0 Å². The summed E-state index contributed by atoms with van der Waals surface area (Å²) in [6, 6.07) is 9.07. The van der Waals surface area contributed by atoms with E-state index in [4.69, 9.17) is 5.73 Å². The van der Waals surface area contributed by atoms with Gasteiger partial charge in [0.2, 0.25) is 5.91 Å². The van der Waals surface area contributed by atoms with Crippen molar-refractivity contribution in [2.45, 2.75) is 44.8 Å². The Bertz CT molecular complexity index is 539. The Hall–Kier alpha value is -1.86. The summed E-state index contributed by atoms with van der Waals surface area (Å²) in [5.41, 5.74) is 7.27. The lowest BCUT2D eigenvalue weighted by Gasteiger charge is -2.38. The summed E-state index contributed by atoms with van der Waals surface area (Å²) in [6.07, 6.45) is 0.335. The molecular weight excluding hydrogens is 238 g/mol. The second-order valence-corrected chi connectivity index (χ2v) is 5.95. The van der Waals surface area contributed by atoms with E-state index in [1.807, 2.05) is 43.9 Å². The Morgan fingerprint density at radius 1 is 1.37 bits per heavy atom. The lowest BCUT2D eigenvalue weighted by molar-refractivity contribution is -0.133. The van der Waals surface area contributed by atoms with Crippen LogP contribution in [0.15, 0.2) is 24.3 Å². The number of nitriles is 1. The first-order valence-electron chi connectivity index (χ1n) is 6.43. The Balaban J connectivity index is 2.52. The van der Waals surface area contributed by atoms with E-state index in [0.29, 0.717) is 12.0 Å². The second-order valence-electron chi connectivity index (χ2n) is 5.95. The molecule has 2 rings (SSSR count). The van der Waals surface area contributed by atoms with Crippen LogP contribution in [0.1, 0.15) is 44.4 Å². The molecule has 4 nitrogen and oxygen atoms in total. The molecule has 1 aromatic rings. The van der Waals surface area contributed by atoms with Gasteiger partial charge in [-0.15, -0.1) is 0 Å². The van der Waals surface area contributed by atoms with E-state index < -0.39 is 0 Å². The quantitative estimate of drug-likeness (QED) is 0.836. The van der Waals surface area contributed by atoms with E-state index in [1.54, 1.807) is 6.07 Å². The lowest BCUT2D eigenvalue weighted by atomic mass is 9.93. The van der Waals surface area contributed by atoms with E-state index in [1.165, 1.54) is 0 Å². The zero-order valence-corrected chi connectivity index (χ0v) is 11.6. The number of likely N-dealkylation sites (tertiary alicyclic amines) is 1. The number of hydrogen-bond donors (Lipinski definition) is 1. The van der Waals surface area contributed by atoms with Gasteiger partial charge in [-0.25, -0.2) is 0 Å². The smallest absolute Gasteiger partial charge is 0.225 e. The van der Waals surface area contributed by atoms with Crippen LogP contribution in [0.2, 0.25) is 0 Å². The molecule has 1 fully saturated rings. The Kier molecular flexibility index (Phi) is 3.34. The maximum absolute atomic E-state index is 12.2. The van der Waals surface area contributed by atoms with Crippen LogP contribution in [0.4, 0.5) is 0 Å². The van der Waals surface area contributed by atoms with Gasteiger partial charge in [-0.1, -0.05) is 18.2 Å². The standard InChI is InChI=1S/C15H19N3O/c1-15(2,3)18-13(19)8-12(17)14(18)11-7-5-4-6-10(11)9-16/h4-7,12,14H,8,17H2,1-3H3. The fraction of sp³-hybridized carbons (Fsp3) is 0.467. The molecule has 4 heteroatoms. The highest BCUT2D eigenvalue weighted by atomic mass is 16.2. The minimum Gasteiger partial charge on any atom is -0.329 e. The molecular formula is C15H19N3O. The van der Waals surface area contributed by atoms with Crippen LogP contribution >= 0.6 is 0 Å². The van der Waals surface area contributed by atoms with Gasteiger partial charge in [-0.2, -0.15) is 5.26 Å². The molecule has 0 spiro atoms. The molecule has 2 unspecified atom stereocenters. The third kappa shape index (κ3) is 2.34. The molecule has 1 saturated heterocycles. The number of carbonyl (C=O) groups is 1. The van der Waals surface area contributed by atoms with Gasteiger partial charge in [0.15, 0.2) is 0 Å². The van der Waals surface area contributed by atoms with Gasteiger partial charge < -0.3 is 10.6 Å². The van der Waals surface area contributed by atoms with Crippen molar-refractivity contribution >= 4 is 5.91 Å². The molecule has 0 aromatic heterocycles. The molecule has 1 heterocycles. The van der Waals surface area contributed by atoms with Gasteiger partial charge in [-0.05, 0) is 32.4 Å². The van der Waals surface area contributed by atoms with E-state index in [0.717, 1.165) is 5.56 Å². The van der Waals surface area contributed by atoms with Crippen molar-refractivity contribution in [3.05, 3.63) is 35.4 Å². The number of hydrogen-bond acceptors (Lipinski definition) is 3. The summed E-state index contributed by atoms with van der Waals surface area (Å²) < 4.78 is 0. The highest BCUT2D eigenvalue weighted by molar-refractivity contribution is 5.81. The van der Waals surface area contributed by atoms with Crippen LogP contribution in [0.3, 0.4) is 0 Å². The lowest BCUT2D eigenvalue weighted by Crippen LogP contribution is -2.45. The van der Waals surface area contributed by atoms with Crippen LogP contribution < -0.4 is 5.73 Å². The SMILES string of the molecule is CC(C)(C)N1C(=O)CC(N)C1c1ccccc1C#N. The van der Waals surface area contributed by atoms with Gasteiger partial charge in [0.05, 0.1) is 17.7 Å². The Morgan fingerprint density at radius 2 is 2.00 bits per heavy atom. The van der Waals surface area contributed by atoms with Crippen molar-refractivity contribution < 1.29 is 4.79 Å². The van der Waals surface area contributed by atoms with Crippen LogP contribution in [0.5, 0.6) is 0 Å². The van der Waals surface area contributed by atoms with Gasteiger partial charge >= 0.3 is 0 Å². The third-order valence-corrected chi connectivity index (χ3v) is 3.49. The minimum absolute atomic E-state index is 0.0535. The first-order chi connectivity index (χ1) is 8.86. The number of rotatable bonds is 1. The average Bonchev–Trinajstić information content (AvgIpc) is 2.63. The molecule has 1 aliphatic rings. The molecule has 1 aliphatic heterocycles. The van der Waals surface area contributed by atoms with Gasteiger partial charge in [0.1, 0.15) is 0 Å². The van der Waals surface area contributed by atoms with Crippen molar-refractivity contribution in [1.82, 2.24) is 4.90 Å². The molecule has 2 atom stereocenters. The highest BCUT2D eigenvalue weighted by Gasteiger charge is 2.44. The topological polar surface area (TPSA) is 70.1 Å². The monoisotopic (exact) mass is 257 g/mol. The molecule has 100 valence electrons. The van der Waals surface area contributed by atoms with Crippen molar-refractivity contribution in [2.75, 3.05) is 0 Å². The summed E-state index contributed by atoms with van der Waals surface area (Å²) >= 11 is 0. The predicted molar refractivity (Wildman–Crippen MR) is 73.1 cm³/mol. The number of nitrogens with two attached hydrogens (primary N) is 1. The van der Waals surface area contributed by atoms with Crippen molar-refractivity contribution in [1.29, 1.82) is 5.26 Å². The zero-order chi connectivity index (χ0) is 14.2. The van der Waals surface area contributed by atoms with E-state index >= 15 is 0 Å². The molecule has 0 bridgehead atoms. The summed E-state index contributed by atoms with van der Waals surface area (Å²) in [7, 11) is 0. The number of carbonyl (C=O) groups excluding carboxylic acids is 1. The van der Waals surface area contributed by atoms with Crippen molar-refractivity contribution in [2.24, 2.45) is 5.73 Å². The predicted octanol–water partition coefficient (Wildman–Crippen LogP) is 1.96.